The minimum absolute atomic E-state index is 0.118. The number of benzene rings is 1. The number of carbonyl (C=O) groups excluding carboxylic acids is 1. The minimum Gasteiger partial charge on any atom is -0.340 e. The van der Waals surface area contributed by atoms with Crippen LogP contribution in [-0.2, 0) is 4.79 Å². The molecule has 1 amide bonds. The summed E-state index contributed by atoms with van der Waals surface area (Å²) < 4.78 is 0. The molecule has 0 aliphatic carbocycles. The molecule has 0 radical (unpaired) electrons. The quantitative estimate of drug-likeness (QED) is 0.928. The van der Waals surface area contributed by atoms with Gasteiger partial charge >= 0.3 is 0 Å². The topological polar surface area (TPSA) is 49.0 Å². The van der Waals surface area contributed by atoms with E-state index in [1.54, 1.807) is 0 Å². The number of hydrogen-bond acceptors (Lipinski definition) is 2. The highest BCUT2D eigenvalue weighted by atomic mass is 16.2. The standard InChI is InChI=1S/C18H25N3O/c1-12(2)6-9-17(22)21-10-4-5-16(21)18-19-14-8-7-13(3)11-15(14)20-18/h7-8,11-12,16H,4-6,9-10H2,1-3H3,(H,19,20). The fraction of sp³-hybridized carbons (Fsp3) is 0.556. The maximum atomic E-state index is 12.5. The molecule has 1 aliphatic heterocycles. The van der Waals surface area contributed by atoms with Gasteiger partial charge in [-0.3, -0.25) is 4.79 Å². The molecule has 118 valence electrons. The third kappa shape index (κ3) is 3.01. The van der Waals surface area contributed by atoms with E-state index in [1.165, 1.54) is 5.56 Å². The first-order valence-corrected chi connectivity index (χ1v) is 8.30. The Balaban J connectivity index is 1.80. The number of likely N-dealkylation sites (tertiary alicyclic amines) is 1. The van der Waals surface area contributed by atoms with Crippen molar-refractivity contribution in [3.05, 3.63) is 29.6 Å². The predicted molar refractivity (Wildman–Crippen MR) is 88.6 cm³/mol. The molecule has 0 saturated carbocycles. The Morgan fingerprint density at radius 3 is 3.05 bits per heavy atom. The second-order valence-corrected chi connectivity index (χ2v) is 6.82. The van der Waals surface area contributed by atoms with Crippen LogP contribution < -0.4 is 0 Å². The zero-order valence-electron chi connectivity index (χ0n) is 13.7. The van der Waals surface area contributed by atoms with Crippen LogP contribution in [0.3, 0.4) is 0 Å². The molecule has 22 heavy (non-hydrogen) atoms. The molecule has 1 aromatic heterocycles. The number of aromatic nitrogens is 2. The van der Waals surface area contributed by atoms with Gasteiger partial charge in [-0.05, 0) is 49.8 Å². The minimum atomic E-state index is 0.118. The summed E-state index contributed by atoms with van der Waals surface area (Å²) in [6, 6.07) is 6.36. The van der Waals surface area contributed by atoms with Crippen molar-refractivity contribution in [2.45, 2.75) is 52.5 Å². The number of fused-ring (bicyclic) bond motifs is 1. The summed E-state index contributed by atoms with van der Waals surface area (Å²) in [5.74, 6) is 1.78. The van der Waals surface area contributed by atoms with Gasteiger partial charge in [0.05, 0.1) is 17.1 Å². The van der Waals surface area contributed by atoms with Crippen molar-refractivity contribution in [2.24, 2.45) is 5.92 Å². The summed E-state index contributed by atoms with van der Waals surface area (Å²) in [7, 11) is 0. The number of aryl methyl sites for hydroxylation is 1. The van der Waals surface area contributed by atoms with E-state index in [0.29, 0.717) is 12.3 Å². The van der Waals surface area contributed by atoms with Crippen LogP contribution in [0.2, 0.25) is 0 Å². The Morgan fingerprint density at radius 1 is 1.45 bits per heavy atom. The number of amides is 1. The second-order valence-electron chi connectivity index (χ2n) is 6.82. The lowest BCUT2D eigenvalue weighted by Crippen LogP contribution is -2.31. The van der Waals surface area contributed by atoms with Crippen molar-refractivity contribution in [1.82, 2.24) is 14.9 Å². The highest BCUT2D eigenvalue weighted by Crippen LogP contribution is 2.32. The molecule has 0 spiro atoms. The molecule has 1 aromatic carbocycles. The van der Waals surface area contributed by atoms with Crippen molar-refractivity contribution < 1.29 is 4.79 Å². The Kier molecular flexibility index (Phi) is 4.19. The number of imidazole rings is 1. The summed E-state index contributed by atoms with van der Waals surface area (Å²) in [6.45, 7) is 7.27. The number of nitrogens with one attached hydrogen (secondary N) is 1. The molecule has 1 N–H and O–H groups in total. The van der Waals surface area contributed by atoms with Gasteiger partial charge in [0.1, 0.15) is 5.82 Å². The molecule has 0 bridgehead atoms. The Labute approximate surface area is 131 Å². The summed E-state index contributed by atoms with van der Waals surface area (Å²) >= 11 is 0. The third-order valence-corrected chi connectivity index (χ3v) is 4.48. The molecule has 4 heteroatoms. The largest absolute Gasteiger partial charge is 0.340 e. The molecule has 1 unspecified atom stereocenters. The van der Waals surface area contributed by atoms with Gasteiger partial charge in [0.25, 0.3) is 0 Å². The zero-order chi connectivity index (χ0) is 15.7. The number of nitrogens with zero attached hydrogens (tertiary/aromatic N) is 2. The van der Waals surface area contributed by atoms with Crippen LogP contribution in [0.25, 0.3) is 11.0 Å². The molecule has 4 nitrogen and oxygen atoms in total. The van der Waals surface area contributed by atoms with E-state index < -0.39 is 0 Å². The van der Waals surface area contributed by atoms with Gasteiger partial charge in [0.2, 0.25) is 5.91 Å². The first-order valence-electron chi connectivity index (χ1n) is 8.30. The van der Waals surface area contributed by atoms with E-state index in [2.05, 4.69) is 37.9 Å². The summed E-state index contributed by atoms with van der Waals surface area (Å²) in [5, 5.41) is 0. The number of rotatable bonds is 4. The van der Waals surface area contributed by atoms with E-state index in [-0.39, 0.29) is 11.9 Å². The van der Waals surface area contributed by atoms with Crippen LogP contribution in [0.1, 0.15) is 57.0 Å². The highest BCUT2D eigenvalue weighted by molar-refractivity contribution is 5.78. The van der Waals surface area contributed by atoms with Crippen LogP contribution in [0.4, 0.5) is 0 Å². The molecule has 2 heterocycles. The van der Waals surface area contributed by atoms with Gasteiger partial charge in [-0.15, -0.1) is 0 Å². The number of H-pyrrole nitrogens is 1. The van der Waals surface area contributed by atoms with Gasteiger partial charge in [-0.25, -0.2) is 4.98 Å². The summed E-state index contributed by atoms with van der Waals surface area (Å²) in [6.07, 6.45) is 3.68. The highest BCUT2D eigenvalue weighted by Gasteiger charge is 2.31. The van der Waals surface area contributed by atoms with Crippen LogP contribution in [0.5, 0.6) is 0 Å². The van der Waals surface area contributed by atoms with E-state index in [4.69, 9.17) is 4.98 Å². The lowest BCUT2D eigenvalue weighted by atomic mass is 10.1. The predicted octanol–water partition coefficient (Wildman–Crippen LogP) is 3.97. The zero-order valence-corrected chi connectivity index (χ0v) is 13.7. The SMILES string of the molecule is Cc1ccc2nc(C3CCCN3C(=O)CCC(C)C)[nH]c2c1. The van der Waals surface area contributed by atoms with Gasteiger partial charge in [0.15, 0.2) is 0 Å². The molecule has 1 atom stereocenters. The molecule has 1 aliphatic rings. The van der Waals surface area contributed by atoms with Crippen molar-refractivity contribution in [3.63, 3.8) is 0 Å². The van der Waals surface area contributed by atoms with Crippen molar-refractivity contribution in [1.29, 1.82) is 0 Å². The van der Waals surface area contributed by atoms with E-state index in [1.807, 2.05) is 11.0 Å². The van der Waals surface area contributed by atoms with Gasteiger partial charge in [-0.2, -0.15) is 0 Å². The third-order valence-electron chi connectivity index (χ3n) is 4.48. The molecular weight excluding hydrogens is 274 g/mol. The Hall–Kier alpha value is -1.84. The maximum Gasteiger partial charge on any atom is 0.223 e. The number of hydrogen-bond donors (Lipinski definition) is 1. The molecule has 3 rings (SSSR count). The van der Waals surface area contributed by atoms with Crippen LogP contribution >= 0.6 is 0 Å². The first-order chi connectivity index (χ1) is 10.5. The van der Waals surface area contributed by atoms with Gasteiger partial charge in [0, 0.05) is 13.0 Å². The van der Waals surface area contributed by atoms with Crippen molar-refractivity contribution in [3.8, 4) is 0 Å². The summed E-state index contributed by atoms with van der Waals surface area (Å²) in [5.41, 5.74) is 3.28. The first kappa shape index (κ1) is 15.1. The van der Waals surface area contributed by atoms with Crippen molar-refractivity contribution in [2.75, 3.05) is 6.54 Å². The maximum absolute atomic E-state index is 12.5. The lowest BCUT2D eigenvalue weighted by Gasteiger charge is -2.23. The number of carbonyl (C=O) groups is 1. The average molecular weight is 299 g/mol. The molecule has 1 fully saturated rings. The van der Waals surface area contributed by atoms with Crippen molar-refractivity contribution >= 4 is 16.9 Å². The fourth-order valence-corrected chi connectivity index (χ4v) is 3.21. The Morgan fingerprint density at radius 2 is 2.27 bits per heavy atom. The molecule has 1 saturated heterocycles. The van der Waals surface area contributed by atoms with E-state index >= 15 is 0 Å². The molecular formula is C18H25N3O. The molecule has 2 aromatic rings. The summed E-state index contributed by atoms with van der Waals surface area (Å²) in [4.78, 5) is 22.6. The fourth-order valence-electron chi connectivity index (χ4n) is 3.21. The van der Waals surface area contributed by atoms with Gasteiger partial charge < -0.3 is 9.88 Å². The normalized spacial score (nSPS) is 18.5. The van der Waals surface area contributed by atoms with Crippen LogP contribution in [-0.4, -0.2) is 27.3 Å². The lowest BCUT2D eigenvalue weighted by molar-refractivity contribution is -0.132. The second kappa shape index (κ2) is 6.11. The smallest absolute Gasteiger partial charge is 0.223 e. The van der Waals surface area contributed by atoms with Crippen LogP contribution in [0, 0.1) is 12.8 Å². The van der Waals surface area contributed by atoms with Gasteiger partial charge in [-0.1, -0.05) is 19.9 Å². The van der Waals surface area contributed by atoms with E-state index in [0.717, 1.165) is 42.7 Å². The Bertz CT molecular complexity index is 674. The van der Waals surface area contributed by atoms with E-state index in [9.17, 15) is 4.79 Å². The van der Waals surface area contributed by atoms with Crippen LogP contribution in [0.15, 0.2) is 18.2 Å². The monoisotopic (exact) mass is 299 g/mol. The average Bonchev–Trinajstić information content (AvgIpc) is 3.09. The number of aromatic amines is 1.